The smallest absolute Gasteiger partial charge is 0.165 e. The highest BCUT2D eigenvalue weighted by molar-refractivity contribution is 6.33. The molecule has 0 aliphatic carbocycles. The third kappa shape index (κ3) is 2.57. The van der Waals surface area contributed by atoms with Gasteiger partial charge in [-0.05, 0) is 37.3 Å². The van der Waals surface area contributed by atoms with Crippen LogP contribution >= 0.6 is 11.6 Å². The molecular weight excluding hydrogens is 356 g/mol. The van der Waals surface area contributed by atoms with E-state index in [0.29, 0.717) is 5.02 Å². The van der Waals surface area contributed by atoms with E-state index in [2.05, 4.69) is 4.98 Å². The molecule has 0 radical (unpaired) electrons. The van der Waals surface area contributed by atoms with Crippen LogP contribution in [0.2, 0.25) is 5.02 Å². The number of rotatable bonds is 2. The fourth-order valence-corrected chi connectivity index (χ4v) is 3.62. The summed E-state index contributed by atoms with van der Waals surface area (Å²) in [6.07, 6.45) is 1.85. The van der Waals surface area contributed by atoms with Gasteiger partial charge < -0.3 is 0 Å². The Balaban J connectivity index is 1.81. The lowest BCUT2D eigenvalue weighted by molar-refractivity contribution is 0.878. The van der Waals surface area contributed by atoms with E-state index in [1.807, 2.05) is 84.5 Å². The summed E-state index contributed by atoms with van der Waals surface area (Å²) in [7, 11) is 0. The van der Waals surface area contributed by atoms with Gasteiger partial charge in [-0.25, -0.2) is 14.6 Å². The second-order valence-electron chi connectivity index (χ2n) is 6.40. The molecule has 0 bridgehead atoms. The lowest BCUT2D eigenvalue weighted by atomic mass is 10.1. The van der Waals surface area contributed by atoms with Crippen molar-refractivity contribution < 1.29 is 0 Å². The number of pyridine rings is 2. The minimum Gasteiger partial charge on any atom is -0.247 e. The predicted molar refractivity (Wildman–Crippen MR) is 109 cm³/mol. The topological polar surface area (TPSA) is 43.6 Å². The molecule has 5 aromatic rings. The van der Waals surface area contributed by atoms with E-state index in [4.69, 9.17) is 21.7 Å². The van der Waals surface area contributed by atoms with Crippen LogP contribution in [0.4, 0.5) is 0 Å². The zero-order valence-corrected chi connectivity index (χ0v) is 15.4. The first-order valence-electron chi connectivity index (χ1n) is 8.68. The van der Waals surface area contributed by atoms with Gasteiger partial charge in [0.1, 0.15) is 0 Å². The second kappa shape index (κ2) is 6.18. The average molecular weight is 371 g/mol. The van der Waals surface area contributed by atoms with Crippen LogP contribution in [0, 0.1) is 6.92 Å². The molecule has 0 spiro atoms. The summed E-state index contributed by atoms with van der Waals surface area (Å²) in [6.45, 7) is 1.99. The predicted octanol–water partition coefficient (Wildman–Crippen LogP) is 5.60. The summed E-state index contributed by atoms with van der Waals surface area (Å²) in [4.78, 5) is 9.59. The van der Waals surface area contributed by atoms with Crippen LogP contribution in [0.3, 0.4) is 0 Å². The maximum atomic E-state index is 6.37. The van der Waals surface area contributed by atoms with Gasteiger partial charge in [0, 0.05) is 22.2 Å². The molecule has 4 nitrogen and oxygen atoms in total. The molecule has 5 heteroatoms. The highest BCUT2D eigenvalue weighted by atomic mass is 35.5. The molecule has 27 heavy (non-hydrogen) atoms. The van der Waals surface area contributed by atoms with E-state index in [1.54, 1.807) is 0 Å². The Bertz CT molecular complexity index is 1290. The highest BCUT2D eigenvalue weighted by Gasteiger charge is 2.15. The van der Waals surface area contributed by atoms with Crippen molar-refractivity contribution in [2.75, 3.05) is 0 Å². The summed E-state index contributed by atoms with van der Waals surface area (Å²) in [5, 5.41) is 7.35. The first kappa shape index (κ1) is 16.0. The molecule has 0 saturated carbocycles. The van der Waals surface area contributed by atoms with Gasteiger partial charge in [-0.3, -0.25) is 0 Å². The van der Waals surface area contributed by atoms with Crippen molar-refractivity contribution in [2.24, 2.45) is 0 Å². The minimum atomic E-state index is 0.686. The molecule has 3 aromatic heterocycles. The fraction of sp³-hybridized carbons (Fsp3) is 0.0455. The van der Waals surface area contributed by atoms with Crippen molar-refractivity contribution in [3.05, 3.63) is 83.6 Å². The number of para-hydroxylation sites is 1. The third-order valence-corrected chi connectivity index (χ3v) is 5.01. The Morgan fingerprint density at radius 1 is 0.889 bits per heavy atom. The summed E-state index contributed by atoms with van der Waals surface area (Å²) in [6, 6.07) is 21.8. The van der Waals surface area contributed by atoms with Crippen molar-refractivity contribution in [1.29, 1.82) is 0 Å². The maximum absolute atomic E-state index is 6.37. The van der Waals surface area contributed by atoms with E-state index in [0.717, 1.165) is 44.6 Å². The van der Waals surface area contributed by atoms with E-state index in [1.165, 1.54) is 0 Å². The van der Waals surface area contributed by atoms with Gasteiger partial charge >= 0.3 is 0 Å². The molecule has 0 N–H and O–H groups in total. The fourth-order valence-electron chi connectivity index (χ4n) is 3.38. The molecule has 2 aromatic carbocycles. The lowest BCUT2D eigenvalue weighted by Crippen LogP contribution is -1.97. The van der Waals surface area contributed by atoms with Crippen LogP contribution in [0.5, 0.6) is 0 Å². The molecule has 0 saturated heterocycles. The summed E-state index contributed by atoms with van der Waals surface area (Å²) in [5.74, 6) is 0. The molecule has 130 valence electrons. The first-order chi connectivity index (χ1) is 13.2. The Morgan fingerprint density at radius 2 is 1.67 bits per heavy atom. The number of fused-ring (bicyclic) bond motifs is 3. The largest absolute Gasteiger partial charge is 0.247 e. The summed E-state index contributed by atoms with van der Waals surface area (Å²) in [5.41, 5.74) is 5.32. The second-order valence-corrected chi connectivity index (χ2v) is 6.81. The Morgan fingerprint density at radius 3 is 2.48 bits per heavy atom. The van der Waals surface area contributed by atoms with Crippen LogP contribution in [0.15, 0.2) is 72.9 Å². The van der Waals surface area contributed by atoms with Crippen molar-refractivity contribution in [2.45, 2.75) is 6.92 Å². The van der Waals surface area contributed by atoms with Crippen molar-refractivity contribution in [3.63, 3.8) is 0 Å². The molecule has 0 aliphatic rings. The van der Waals surface area contributed by atoms with Crippen LogP contribution in [0.1, 0.15) is 5.69 Å². The van der Waals surface area contributed by atoms with E-state index >= 15 is 0 Å². The van der Waals surface area contributed by atoms with Crippen molar-refractivity contribution in [3.8, 4) is 16.9 Å². The zero-order chi connectivity index (χ0) is 18.4. The maximum Gasteiger partial charge on any atom is 0.165 e. The van der Waals surface area contributed by atoms with Crippen LogP contribution in [-0.2, 0) is 0 Å². The van der Waals surface area contributed by atoms with E-state index < -0.39 is 0 Å². The number of aromatic nitrogens is 4. The van der Waals surface area contributed by atoms with Gasteiger partial charge in [0.2, 0.25) is 0 Å². The standard InChI is InChI=1S/C22H15ClN4/c1-14-20-21-15(11-12-19(25-21)17-9-5-6-10-18(17)23)13-24-22(20)27(26-14)16-7-3-2-4-8-16/h2-13H,1H3. The van der Waals surface area contributed by atoms with E-state index in [9.17, 15) is 0 Å². The molecule has 0 unspecified atom stereocenters. The number of aryl methyl sites for hydroxylation is 1. The highest BCUT2D eigenvalue weighted by Crippen LogP contribution is 2.31. The number of hydrogen-bond donors (Lipinski definition) is 0. The van der Waals surface area contributed by atoms with Crippen molar-refractivity contribution in [1.82, 2.24) is 19.7 Å². The van der Waals surface area contributed by atoms with Gasteiger partial charge in [-0.15, -0.1) is 0 Å². The Kier molecular flexibility index (Phi) is 3.66. The molecule has 0 amide bonds. The molecule has 0 atom stereocenters. The third-order valence-electron chi connectivity index (χ3n) is 4.68. The normalized spacial score (nSPS) is 11.3. The number of hydrogen-bond acceptors (Lipinski definition) is 3. The lowest BCUT2D eigenvalue weighted by Gasteiger charge is -2.07. The number of halogens is 1. The molecule has 5 rings (SSSR count). The average Bonchev–Trinajstić information content (AvgIpc) is 3.06. The number of nitrogens with zero attached hydrogens (tertiary/aromatic N) is 4. The van der Waals surface area contributed by atoms with Crippen molar-refractivity contribution >= 4 is 33.5 Å². The number of benzene rings is 2. The summed E-state index contributed by atoms with van der Waals surface area (Å²) < 4.78 is 1.87. The van der Waals surface area contributed by atoms with Gasteiger partial charge in [-0.1, -0.05) is 48.0 Å². The van der Waals surface area contributed by atoms with Gasteiger partial charge in [0.05, 0.1) is 28.0 Å². The Hall–Kier alpha value is -3.24. The zero-order valence-electron chi connectivity index (χ0n) is 14.6. The minimum absolute atomic E-state index is 0.686. The monoisotopic (exact) mass is 370 g/mol. The van der Waals surface area contributed by atoms with Gasteiger partial charge in [0.25, 0.3) is 0 Å². The first-order valence-corrected chi connectivity index (χ1v) is 9.05. The molecule has 0 fully saturated rings. The van der Waals surface area contributed by atoms with Gasteiger partial charge in [-0.2, -0.15) is 5.10 Å². The molecule has 3 heterocycles. The van der Waals surface area contributed by atoms with Crippen LogP contribution in [0.25, 0.3) is 38.9 Å². The summed E-state index contributed by atoms with van der Waals surface area (Å²) >= 11 is 6.37. The quantitative estimate of drug-likeness (QED) is 0.406. The molecular formula is C22H15ClN4. The molecule has 0 aliphatic heterocycles. The van der Waals surface area contributed by atoms with Crippen LogP contribution in [-0.4, -0.2) is 19.7 Å². The van der Waals surface area contributed by atoms with Crippen LogP contribution < -0.4 is 0 Å². The SMILES string of the molecule is Cc1nn(-c2ccccc2)c2ncc3ccc(-c4ccccc4Cl)nc3c12. The Labute approximate surface area is 161 Å². The van der Waals surface area contributed by atoms with Gasteiger partial charge in [0.15, 0.2) is 5.65 Å². The van der Waals surface area contributed by atoms with E-state index in [-0.39, 0.29) is 0 Å².